The first-order chi connectivity index (χ1) is 9.45. The van der Waals surface area contributed by atoms with E-state index in [1.807, 2.05) is 13.8 Å². The van der Waals surface area contributed by atoms with E-state index in [-0.39, 0.29) is 6.10 Å². The molecule has 20 heavy (non-hydrogen) atoms. The first-order valence-electron chi connectivity index (χ1n) is 6.33. The zero-order chi connectivity index (χ0) is 14.7. The zero-order valence-electron chi connectivity index (χ0n) is 11.6. The lowest BCUT2D eigenvalue weighted by molar-refractivity contribution is -0.151. The van der Waals surface area contributed by atoms with E-state index in [4.69, 9.17) is 14.2 Å². The molecule has 0 N–H and O–H groups in total. The van der Waals surface area contributed by atoms with Crippen molar-refractivity contribution in [2.75, 3.05) is 0 Å². The van der Waals surface area contributed by atoms with Gasteiger partial charge < -0.3 is 14.2 Å². The summed E-state index contributed by atoms with van der Waals surface area (Å²) in [5.41, 5.74) is 0.804. The van der Waals surface area contributed by atoms with Crippen molar-refractivity contribution in [2.45, 2.75) is 33.2 Å². The fourth-order valence-electron chi connectivity index (χ4n) is 1.68. The van der Waals surface area contributed by atoms with Crippen molar-refractivity contribution >= 4 is 11.9 Å². The lowest BCUT2D eigenvalue weighted by Gasteiger charge is -2.11. The van der Waals surface area contributed by atoms with E-state index in [1.165, 1.54) is 6.08 Å². The largest absolute Gasteiger partial charge is 0.491 e. The standard InChI is InChI=1S/C15H16O5/c1-9(2)18-12-6-4-11(5-7-12)15(17)20-13-8-10(3)14(16)19-13/h4-9,13H,1-3H3. The Morgan fingerprint density at radius 3 is 2.40 bits per heavy atom. The van der Waals surface area contributed by atoms with Gasteiger partial charge in [-0.2, -0.15) is 0 Å². The summed E-state index contributed by atoms with van der Waals surface area (Å²) in [6, 6.07) is 6.59. The predicted molar refractivity (Wildman–Crippen MR) is 71.3 cm³/mol. The normalized spacial score (nSPS) is 17.7. The molecule has 0 amide bonds. The Hall–Kier alpha value is -2.30. The molecular weight excluding hydrogens is 260 g/mol. The lowest BCUT2D eigenvalue weighted by atomic mass is 10.2. The van der Waals surface area contributed by atoms with Crippen LogP contribution in [-0.2, 0) is 14.3 Å². The molecule has 0 aliphatic carbocycles. The molecule has 1 unspecified atom stereocenters. The Morgan fingerprint density at radius 1 is 1.25 bits per heavy atom. The van der Waals surface area contributed by atoms with Crippen LogP contribution < -0.4 is 4.74 Å². The van der Waals surface area contributed by atoms with Crippen molar-refractivity contribution in [3.63, 3.8) is 0 Å². The number of carbonyl (C=O) groups excluding carboxylic acids is 2. The van der Waals surface area contributed by atoms with Gasteiger partial charge in [-0.25, -0.2) is 9.59 Å². The van der Waals surface area contributed by atoms with Crippen LogP contribution in [0.5, 0.6) is 5.75 Å². The number of ether oxygens (including phenoxy) is 3. The van der Waals surface area contributed by atoms with Crippen LogP contribution in [0.3, 0.4) is 0 Å². The number of benzene rings is 1. The molecule has 5 nitrogen and oxygen atoms in total. The van der Waals surface area contributed by atoms with E-state index in [2.05, 4.69) is 0 Å². The molecule has 0 saturated heterocycles. The second kappa shape index (κ2) is 5.77. The first kappa shape index (κ1) is 14.1. The molecule has 1 aliphatic heterocycles. The maximum Gasteiger partial charge on any atom is 0.341 e. The van der Waals surface area contributed by atoms with Gasteiger partial charge in [-0.05, 0) is 45.0 Å². The van der Waals surface area contributed by atoms with Gasteiger partial charge >= 0.3 is 11.9 Å². The van der Waals surface area contributed by atoms with E-state index in [0.29, 0.717) is 16.9 Å². The van der Waals surface area contributed by atoms with Crippen LogP contribution in [0.25, 0.3) is 0 Å². The van der Waals surface area contributed by atoms with E-state index in [9.17, 15) is 9.59 Å². The predicted octanol–water partition coefficient (Wildman–Crippen LogP) is 2.46. The third-order valence-corrected chi connectivity index (χ3v) is 2.62. The molecule has 0 bridgehead atoms. The van der Waals surface area contributed by atoms with Gasteiger partial charge in [0.25, 0.3) is 6.29 Å². The monoisotopic (exact) mass is 276 g/mol. The molecule has 1 aromatic carbocycles. The second-order valence-corrected chi connectivity index (χ2v) is 4.72. The summed E-state index contributed by atoms with van der Waals surface area (Å²) < 4.78 is 15.4. The van der Waals surface area contributed by atoms with Crippen LogP contribution in [0.1, 0.15) is 31.1 Å². The molecule has 0 saturated carbocycles. The number of carbonyl (C=O) groups is 2. The smallest absolute Gasteiger partial charge is 0.341 e. The van der Waals surface area contributed by atoms with Crippen molar-refractivity contribution in [1.82, 2.24) is 0 Å². The van der Waals surface area contributed by atoms with Crippen molar-refractivity contribution in [3.05, 3.63) is 41.5 Å². The summed E-state index contributed by atoms with van der Waals surface area (Å²) in [7, 11) is 0. The average Bonchev–Trinajstić information content (AvgIpc) is 2.68. The summed E-state index contributed by atoms with van der Waals surface area (Å²) in [6.07, 6.45) is 0.594. The summed E-state index contributed by atoms with van der Waals surface area (Å²) in [5.74, 6) is -0.340. The van der Waals surface area contributed by atoms with Crippen LogP contribution >= 0.6 is 0 Å². The van der Waals surface area contributed by atoms with Gasteiger partial charge in [0.1, 0.15) is 5.75 Å². The topological polar surface area (TPSA) is 61.8 Å². The van der Waals surface area contributed by atoms with Gasteiger partial charge in [0, 0.05) is 11.6 Å². The number of hydrogen-bond acceptors (Lipinski definition) is 5. The highest BCUT2D eigenvalue weighted by molar-refractivity contribution is 5.92. The molecule has 1 aliphatic rings. The average molecular weight is 276 g/mol. The second-order valence-electron chi connectivity index (χ2n) is 4.72. The molecule has 0 radical (unpaired) electrons. The molecule has 0 aromatic heterocycles. The highest BCUT2D eigenvalue weighted by Gasteiger charge is 2.25. The lowest BCUT2D eigenvalue weighted by Crippen LogP contribution is -2.17. The first-order valence-corrected chi connectivity index (χ1v) is 6.33. The molecule has 1 atom stereocenters. The molecule has 5 heteroatoms. The van der Waals surface area contributed by atoms with Gasteiger partial charge in [-0.15, -0.1) is 0 Å². The van der Waals surface area contributed by atoms with E-state index < -0.39 is 18.2 Å². The maximum absolute atomic E-state index is 11.9. The number of esters is 2. The van der Waals surface area contributed by atoms with Crippen LogP contribution in [-0.4, -0.2) is 24.3 Å². The maximum atomic E-state index is 11.9. The summed E-state index contributed by atoms with van der Waals surface area (Å²) in [6.45, 7) is 5.45. The Kier molecular flexibility index (Phi) is 4.08. The number of rotatable bonds is 4. The van der Waals surface area contributed by atoms with Gasteiger partial charge in [0.15, 0.2) is 0 Å². The summed E-state index contributed by atoms with van der Waals surface area (Å²) >= 11 is 0. The molecule has 0 spiro atoms. The Labute approximate surface area is 117 Å². The fourth-order valence-corrected chi connectivity index (χ4v) is 1.68. The van der Waals surface area contributed by atoms with Gasteiger partial charge in [-0.3, -0.25) is 0 Å². The highest BCUT2D eigenvalue weighted by atomic mass is 16.7. The quantitative estimate of drug-likeness (QED) is 0.790. The van der Waals surface area contributed by atoms with Crippen LogP contribution in [0, 0.1) is 0 Å². The zero-order valence-corrected chi connectivity index (χ0v) is 11.6. The van der Waals surface area contributed by atoms with Crippen molar-refractivity contribution < 1.29 is 23.8 Å². The van der Waals surface area contributed by atoms with Crippen LogP contribution in [0.15, 0.2) is 35.9 Å². The van der Waals surface area contributed by atoms with Crippen molar-refractivity contribution in [2.24, 2.45) is 0 Å². The minimum absolute atomic E-state index is 0.0683. The molecule has 1 aromatic rings. The molecule has 2 rings (SSSR count). The summed E-state index contributed by atoms with van der Waals surface area (Å²) in [4.78, 5) is 23.0. The Morgan fingerprint density at radius 2 is 1.90 bits per heavy atom. The third-order valence-electron chi connectivity index (χ3n) is 2.62. The van der Waals surface area contributed by atoms with Crippen molar-refractivity contribution in [3.8, 4) is 5.75 Å². The van der Waals surface area contributed by atoms with Gasteiger partial charge in [0.05, 0.1) is 11.7 Å². The molecule has 0 fully saturated rings. The SMILES string of the molecule is CC1=CC(OC(=O)c2ccc(OC(C)C)cc2)OC1=O. The molecule has 1 heterocycles. The van der Waals surface area contributed by atoms with Gasteiger partial charge in [-0.1, -0.05) is 0 Å². The van der Waals surface area contributed by atoms with E-state index in [1.54, 1.807) is 31.2 Å². The van der Waals surface area contributed by atoms with Gasteiger partial charge in [0.2, 0.25) is 0 Å². The van der Waals surface area contributed by atoms with Crippen LogP contribution in [0.4, 0.5) is 0 Å². The van der Waals surface area contributed by atoms with E-state index >= 15 is 0 Å². The number of cyclic esters (lactones) is 1. The van der Waals surface area contributed by atoms with Crippen LogP contribution in [0.2, 0.25) is 0 Å². The third kappa shape index (κ3) is 3.38. The van der Waals surface area contributed by atoms with Crippen molar-refractivity contribution in [1.29, 1.82) is 0 Å². The minimum atomic E-state index is -0.943. The highest BCUT2D eigenvalue weighted by Crippen LogP contribution is 2.18. The van der Waals surface area contributed by atoms with E-state index in [0.717, 1.165) is 0 Å². The summed E-state index contributed by atoms with van der Waals surface area (Å²) in [5, 5.41) is 0. The Bertz CT molecular complexity index is 542. The number of hydrogen-bond donors (Lipinski definition) is 0. The minimum Gasteiger partial charge on any atom is -0.491 e. The molecular formula is C15H16O5. The fraction of sp³-hybridized carbons (Fsp3) is 0.333. The Balaban J connectivity index is 1.98. The molecule has 106 valence electrons.